The van der Waals surface area contributed by atoms with Crippen LogP contribution in [0.5, 0.6) is 11.5 Å². The highest BCUT2D eigenvalue weighted by Gasteiger charge is 2.19. The van der Waals surface area contributed by atoms with Crippen LogP contribution in [0.2, 0.25) is 0 Å². The van der Waals surface area contributed by atoms with Crippen LogP contribution in [0.15, 0.2) is 35.2 Å². The molecule has 1 aliphatic heterocycles. The van der Waals surface area contributed by atoms with E-state index in [2.05, 4.69) is 21.8 Å². The summed E-state index contributed by atoms with van der Waals surface area (Å²) in [6.45, 7) is 7.17. The third kappa shape index (κ3) is 5.33. The van der Waals surface area contributed by atoms with E-state index in [-0.39, 0.29) is 0 Å². The number of nitrogens with one attached hydrogen (secondary N) is 1. The van der Waals surface area contributed by atoms with Gasteiger partial charge in [-0.1, -0.05) is 6.07 Å². The summed E-state index contributed by atoms with van der Waals surface area (Å²) >= 11 is 0. The van der Waals surface area contributed by atoms with E-state index in [0.717, 1.165) is 61.5 Å². The molecule has 0 saturated carbocycles. The van der Waals surface area contributed by atoms with Gasteiger partial charge >= 0.3 is 0 Å². The first-order chi connectivity index (χ1) is 14.3. The summed E-state index contributed by atoms with van der Waals surface area (Å²) in [7, 11) is -0.132. The number of rotatable bonds is 9. The van der Waals surface area contributed by atoms with Gasteiger partial charge in [-0.05, 0) is 86.2 Å². The number of nitrogens with zero attached hydrogens (tertiary/aromatic N) is 1. The molecule has 0 aliphatic carbocycles. The number of hydrogen-bond acceptors (Lipinski definition) is 5. The van der Waals surface area contributed by atoms with Gasteiger partial charge in [0.05, 0.1) is 19.1 Å². The molecule has 1 heterocycles. The maximum atomic E-state index is 12.5. The zero-order valence-corrected chi connectivity index (χ0v) is 19.1. The lowest BCUT2D eigenvalue weighted by molar-refractivity contribution is 0.248. The molecule has 0 radical (unpaired) electrons. The number of benzene rings is 2. The largest absolute Gasteiger partial charge is 0.493 e. The first kappa shape index (κ1) is 22.6. The van der Waals surface area contributed by atoms with Crippen LogP contribution in [0.3, 0.4) is 0 Å². The van der Waals surface area contributed by atoms with E-state index in [1.807, 2.05) is 19.9 Å². The standard InChI is InChI=1S/C23H32N2O4S/c1-17-7-8-21(13-18(17)2)30(26,27)24-10-5-6-11-25-12-9-19-14-22(28-3)23(29-4)15-20(19)16-25/h7-8,13-15,24H,5-6,9-12,16H2,1-4H3. The maximum absolute atomic E-state index is 12.5. The van der Waals surface area contributed by atoms with Crippen molar-refractivity contribution in [2.24, 2.45) is 0 Å². The van der Waals surface area contributed by atoms with Crippen LogP contribution in [0, 0.1) is 13.8 Å². The fourth-order valence-corrected chi connectivity index (χ4v) is 4.92. The van der Waals surface area contributed by atoms with Crippen LogP contribution in [-0.4, -0.2) is 47.2 Å². The monoisotopic (exact) mass is 432 g/mol. The zero-order chi connectivity index (χ0) is 21.7. The fraction of sp³-hybridized carbons (Fsp3) is 0.478. The minimum atomic E-state index is -3.45. The summed E-state index contributed by atoms with van der Waals surface area (Å²) < 4.78 is 38.5. The van der Waals surface area contributed by atoms with Gasteiger partial charge in [0.1, 0.15) is 0 Å². The highest BCUT2D eigenvalue weighted by atomic mass is 32.2. The Hall–Kier alpha value is -2.09. The molecule has 1 aliphatic rings. The minimum Gasteiger partial charge on any atom is -0.493 e. The molecule has 0 amide bonds. The molecule has 30 heavy (non-hydrogen) atoms. The van der Waals surface area contributed by atoms with Crippen LogP contribution in [0.4, 0.5) is 0 Å². The number of ether oxygens (including phenoxy) is 2. The second kappa shape index (κ2) is 9.81. The zero-order valence-electron chi connectivity index (χ0n) is 18.3. The molecule has 7 heteroatoms. The number of unbranched alkanes of at least 4 members (excludes halogenated alkanes) is 1. The Balaban J connectivity index is 1.47. The van der Waals surface area contributed by atoms with Crippen LogP contribution >= 0.6 is 0 Å². The highest BCUT2D eigenvalue weighted by molar-refractivity contribution is 7.89. The quantitative estimate of drug-likeness (QED) is 0.615. The Kier molecular flexibility index (Phi) is 7.39. The van der Waals surface area contributed by atoms with E-state index in [4.69, 9.17) is 9.47 Å². The molecule has 0 fully saturated rings. The Morgan fingerprint density at radius 1 is 0.967 bits per heavy atom. The molecule has 0 aromatic heterocycles. The molecule has 0 bridgehead atoms. The molecule has 164 valence electrons. The Labute approximate surface area is 180 Å². The van der Waals surface area contributed by atoms with Crippen molar-refractivity contribution in [2.75, 3.05) is 33.9 Å². The van der Waals surface area contributed by atoms with Crippen molar-refractivity contribution >= 4 is 10.0 Å². The van der Waals surface area contributed by atoms with Gasteiger partial charge in [0.15, 0.2) is 11.5 Å². The van der Waals surface area contributed by atoms with Gasteiger partial charge < -0.3 is 9.47 Å². The third-order valence-corrected chi connectivity index (χ3v) is 7.24. The van der Waals surface area contributed by atoms with Gasteiger partial charge in [-0.2, -0.15) is 0 Å². The summed E-state index contributed by atoms with van der Waals surface area (Å²) in [6, 6.07) is 9.39. The van der Waals surface area contributed by atoms with Gasteiger partial charge in [-0.15, -0.1) is 0 Å². The minimum absolute atomic E-state index is 0.336. The topological polar surface area (TPSA) is 67.9 Å². The van der Waals surface area contributed by atoms with Crippen LogP contribution in [-0.2, 0) is 23.0 Å². The van der Waals surface area contributed by atoms with Crippen LogP contribution < -0.4 is 14.2 Å². The molecule has 0 atom stereocenters. The van der Waals surface area contributed by atoms with Crippen molar-refractivity contribution in [3.8, 4) is 11.5 Å². The SMILES string of the molecule is COc1cc2c(cc1OC)CN(CCCCNS(=O)(=O)c1ccc(C)c(C)c1)CC2. The molecule has 1 N–H and O–H groups in total. The van der Waals surface area contributed by atoms with E-state index in [0.29, 0.717) is 11.4 Å². The smallest absolute Gasteiger partial charge is 0.240 e. The summed E-state index contributed by atoms with van der Waals surface area (Å²) in [5, 5.41) is 0. The molecular formula is C23H32N2O4S. The van der Waals surface area contributed by atoms with E-state index >= 15 is 0 Å². The van der Waals surface area contributed by atoms with E-state index < -0.39 is 10.0 Å². The third-order valence-electron chi connectivity index (χ3n) is 5.78. The van der Waals surface area contributed by atoms with E-state index in [1.54, 1.807) is 26.4 Å². The average Bonchev–Trinajstić information content (AvgIpc) is 2.74. The first-order valence-electron chi connectivity index (χ1n) is 10.4. The number of aryl methyl sites for hydroxylation is 2. The maximum Gasteiger partial charge on any atom is 0.240 e. The lowest BCUT2D eigenvalue weighted by atomic mass is 9.98. The second-order valence-corrected chi connectivity index (χ2v) is 9.62. The summed E-state index contributed by atoms with van der Waals surface area (Å²) in [5.74, 6) is 1.54. The Bertz CT molecular complexity index is 989. The van der Waals surface area contributed by atoms with E-state index in [1.165, 1.54) is 11.1 Å². The molecule has 0 saturated heterocycles. The molecule has 2 aromatic rings. The number of fused-ring (bicyclic) bond motifs is 1. The molecule has 0 spiro atoms. The van der Waals surface area contributed by atoms with Crippen molar-refractivity contribution in [1.82, 2.24) is 9.62 Å². The first-order valence-corrected chi connectivity index (χ1v) is 11.9. The normalized spacial score (nSPS) is 14.4. The second-order valence-electron chi connectivity index (χ2n) is 7.85. The number of sulfonamides is 1. The predicted molar refractivity (Wildman–Crippen MR) is 119 cm³/mol. The van der Waals surface area contributed by atoms with Gasteiger partial charge in [0, 0.05) is 19.6 Å². The molecular weight excluding hydrogens is 400 g/mol. The van der Waals surface area contributed by atoms with E-state index in [9.17, 15) is 8.42 Å². The van der Waals surface area contributed by atoms with Crippen molar-refractivity contribution in [3.63, 3.8) is 0 Å². The Morgan fingerprint density at radius 2 is 1.67 bits per heavy atom. The number of hydrogen-bond donors (Lipinski definition) is 1. The van der Waals surface area contributed by atoms with Gasteiger partial charge in [-0.25, -0.2) is 13.1 Å². The van der Waals surface area contributed by atoms with Crippen molar-refractivity contribution < 1.29 is 17.9 Å². The fourth-order valence-electron chi connectivity index (χ4n) is 3.76. The average molecular weight is 433 g/mol. The summed E-state index contributed by atoms with van der Waals surface area (Å²) in [6.07, 6.45) is 2.73. The molecule has 3 rings (SSSR count). The van der Waals surface area contributed by atoms with Gasteiger partial charge in [0.25, 0.3) is 0 Å². The van der Waals surface area contributed by atoms with Gasteiger partial charge in [-0.3, -0.25) is 4.90 Å². The van der Waals surface area contributed by atoms with Crippen molar-refractivity contribution in [2.45, 2.75) is 44.6 Å². The van der Waals surface area contributed by atoms with Crippen LogP contribution in [0.1, 0.15) is 35.1 Å². The van der Waals surface area contributed by atoms with Crippen molar-refractivity contribution in [1.29, 1.82) is 0 Å². The van der Waals surface area contributed by atoms with Crippen LogP contribution in [0.25, 0.3) is 0 Å². The highest BCUT2D eigenvalue weighted by Crippen LogP contribution is 2.33. The van der Waals surface area contributed by atoms with Crippen molar-refractivity contribution in [3.05, 3.63) is 52.6 Å². The molecule has 6 nitrogen and oxygen atoms in total. The lowest BCUT2D eigenvalue weighted by Crippen LogP contribution is -2.32. The van der Waals surface area contributed by atoms with Gasteiger partial charge in [0.2, 0.25) is 10.0 Å². The predicted octanol–water partition coefficient (Wildman–Crippen LogP) is 3.44. The molecule has 0 unspecified atom stereocenters. The lowest BCUT2D eigenvalue weighted by Gasteiger charge is -2.29. The Morgan fingerprint density at radius 3 is 2.33 bits per heavy atom. The number of methoxy groups -OCH3 is 2. The summed E-state index contributed by atoms with van der Waals surface area (Å²) in [4.78, 5) is 2.74. The summed E-state index contributed by atoms with van der Waals surface area (Å²) in [5.41, 5.74) is 4.66. The molecule has 2 aromatic carbocycles.